The average molecular weight is 449 g/mol. The Hall–Kier alpha value is -3.00. The van der Waals surface area contributed by atoms with Crippen LogP contribution in [0.3, 0.4) is 0 Å². The summed E-state index contributed by atoms with van der Waals surface area (Å²) < 4.78 is 0. The van der Waals surface area contributed by atoms with Crippen molar-refractivity contribution >= 4 is 28.8 Å². The second-order valence-electron chi connectivity index (χ2n) is 8.09. The molecule has 0 spiro atoms. The summed E-state index contributed by atoms with van der Waals surface area (Å²) in [5.41, 5.74) is 3.46. The van der Waals surface area contributed by atoms with E-state index in [1.165, 1.54) is 16.9 Å². The SMILES string of the molecule is CN1CCN(Cc2cccc(CNC(=O)c3cccc(NC(=O)c4cccs4)c3)c2)CC1. The van der Waals surface area contributed by atoms with E-state index >= 15 is 0 Å². The highest BCUT2D eigenvalue weighted by Crippen LogP contribution is 2.15. The van der Waals surface area contributed by atoms with Gasteiger partial charge in [-0.15, -0.1) is 11.3 Å². The fourth-order valence-corrected chi connectivity index (χ4v) is 4.34. The third-order valence-corrected chi connectivity index (χ3v) is 6.44. The van der Waals surface area contributed by atoms with Crippen molar-refractivity contribution in [1.29, 1.82) is 0 Å². The maximum atomic E-state index is 12.7. The van der Waals surface area contributed by atoms with Crippen molar-refractivity contribution in [3.63, 3.8) is 0 Å². The second-order valence-corrected chi connectivity index (χ2v) is 9.04. The zero-order valence-corrected chi connectivity index (χ0v) is 19.0. The van der Waals surface area contributed by atoms with Crippen molar-refractivity contribution < 1.29 is 9.59 Å². The molecule has 1 aliphatic rings. The Morgan fingerprint density at radius 3 is 2.47 bits per heavy atom. The molecule has 0 aliphatic carbocycles. The topological polar surface area (TPSA) is 64.7 Å². The highest BCUT2D eigenvalue weighted by Gasteiger charge is 2.14. The van der Waals surface area contributed by atoms with Crippen LogP contribution in [0.25, 0.3) is 0 Å². The van der Waals surface area contributed by atoms with Gasteiger partial charge in [0.2, 0.25) is 0 Å². The summed E-state index contributed by atoms with van der Waals surface area (Å²) in [4.78, 5) is 30.4. The highest BCUT2D eigenvalue weighted by atomic mass is 32.1. The number of amides is 2. The Balaban J connectivity index is 1.32. The third-order valence-electron chi connectivity index (χ3n) is 5.57. The van der Waals surface area contributed by atoms with E-state index in [0.29, 0.717) is 22.7 Å². The van der Waals surface area contributed by atoms with Crippen molar-refractivity contribution in [2.75, 3.05) is 38.5 Å². The van der Waals surface area contributed by atoms with E-state index < -0.39 is 0 Å². The Kier molecular flexibility index (Phi) is 7.32. The fourth-order valence-electron chi connectivity index (χ4n) is 3.73. The number of hydrogen-bond acceptors (Lipinski definition) is 5. The Morgan fingerprint density at radius 2 is 1.69 bits per heavy atom. The second kappa shape index (κ2) is 10.5. The Labute approximate surface area is 192 Å². The first-order valence-corrected chi connectivity index (χ1v) is 11.7. The smallest absolute Gasteiger partial charge is 0.265 e. The zero-order chi connectivity index (χ0) is 22.3. The van der Waals surface area contributed by atoms with Crippen LogP contribution in [0.15, 0.2) is 66.0 Å². The summed E-state index contributed by atoms with van der Waals surface area (Å²) >= 11 is 1.38. The molecule has 0 radical (unpaired) electrons. The number of nitrogens with one attached hydrogen (secondary N) is 2. The van der Waals surface area contributed by atoms with Gasteiger partial charge in [0.25, 0.3) is 11.8 Å². The number of carbonyl (C=O) groups is 2. The average Bonchev–Trinajstić information content (AvgIpc) is 3.35. The molecule has 1 saturated heterocycles. The molecule has 2 amide bonds. The van der Waals surface area contributed by atoms with E-state index in [4.69, 9.17) is 0 Å². The molecule has 1 fully saturated rings. The number of carbonyl (C=O) groups excluding carboxylic acids is 2. The zero-order valence-electron chi connectivity index (χ0n) is 18.2. The van der Waals surface area contributed by atoms with Gasteiger partial charge in [0.1, 0.15) is 0 Å². The Bertz CT molecular complexity index is 1060. The van der Waals surface area contributed by atoms with E-state index in [2.05, 4.69) is 39.6 Å². The minimum absolute atomic E-state index is 0.165. The van der Waals surface area contributed by atoms with Gasteiger partial charge >= 0.3 is 0 Å². The number of nitrogens with zero attached hydrogens (tertiary/aromatic N) is 2. The van der Waals surface area contributed by atoms with Gasteiger partial charge < -0.3 is 15.5 Å². The quantitative estimate of drug-likeness (QED) is 0.579. The van der Waals surface area contributed by atoms with Gasteiger partial charge in [0, 0.05) is 50.5 Å². The lowest BCUT2D eigenvalue weighted by Crippen LogP contribution is -2.43. The molecule has 0 bridgehead atoms. The number of piperazine rings is 1. The van der Waals surface area contributed by atoms with E-state index in [9.17, 15) is 9.59 Å². The van der Waals surface area contributed by atoms with Crippen molar-refractivity contribution in [1.82, 2.24) is 15.1 Å². The molecule has 1 aliphatic heterocycles. The molecule has 0 saturated carbocycles. The molecule has 7 heteroatoms. The number of hydrogen-bond donors (Lipinski definition) is 2. The standard InChI is InChI=1S/C25H28N4O2S/c1-28-10-12-29(13-11-28)18-20-6-2-5-19(15-20)17-26-24(30)21-7-3-8-22(16-21)27-25(31)23-9-4-14-32-23/h2-9,14-16H,10-13,17-18H2,1H3,(H,26,30)(H,27,31). The van der Waals surface area contributed by atoms with E-state index in [1.807, 2.05) is 23.6 Å². The van der Waals surface area contributed by atoms with Gasteiger partial charge in [-0.2, -0.15) is 0 Å². The molecule has 166 valence electrons. The molecule has 32 heavy (non-hydrogen) atoms. The molecule has 2 N–H and O–H groups in total. The number of thiophene rings is 1. The first kappa shape index (κ1) is 22.2. The summed E-state index contributed by atoms with van der Waals surface area (Å²) in [7, 11) is 2.16. The number of benzene rings is 2. The van der Waals surface area contributed by atoms with E-state index in [-0.39, 0.29) is 11.8 Å². The highest BCUT2D eigenvalue weighted by molar-refractivity contribution is 7.12. The van der Waals surface area contributed by atoms with Crippen molar-refractivity contribution in [3.8, 4) is 0 Å². The summed E-state index contributed by atoms with van der Waals surface area (Å²) in [6.45, 7) is 5.75. The third kappa shape index (κ3) is 6.03. The maximum Gasteiger partial charge on any atom is 0.265 e. The molecule has 2 aromatic carbocycles. The van der Waals surface area contributed by atoms with Gasteiger partial charge in [0.15, 0.2) is 0 Å². The largest absolute Gasteiger partial charge is 0.348 e. The maximum absolute atomic E-state index is 12.7. The molecule has 3 aromatic rings. The van der Waals surface area contributed by atoms with Gasteiger partial charge in [-0.1, -0.05) is 36.4 Å². The van der Waals surface area contributed by atoms with Gasteiger partial charge in [-0.05, 0) is 47.8 Å². The Morgan fingerprint density at radius 1 is 0.906 bits per heavy atom. The van der Waals surface area contributed by atoms with Crippen LogP contribution in [0.2, 0.25) is 0 Å². The predicted molar refractivity (Wildman–Crippen MR) is 129 cm³/mol. The first-order chi connectivity index (χ1) is 15.6. The van der Waals surface area contributed by atoms with Crippen LogP contribution in [0.5, 0.6) is 0 Å². The number of anilines is 1. The molecule has 0 unspecified atom stereocenters. The predicted octanol–water partition coefficient (Wildman–Crippen LogP) is 3.68. The lowest BCUT2D eigenvalue weighted by Gasteiger charge is -2.32. The molecule has 1 aromatic heterocycles. The summed E-state index contributed by atoms with van der Waals surface area (Å²) in [5, 5.41) is 7.70. The van der Waals surface area contributed by atoms with Crippen LogP contribution in [-0.2, 0) is 13.1 Å². The molecule has 4 rings (SSSR count). The summed E-state index contributed by atoms with van der Waals surface area (Å²) in [5.74, 6) is -0.337. The first-order valence-electron chi connectivity index (χ1n) is 10.8. The normalized spacial score (nSPS) is 14.8. The van der Waals surface area contributed by atoms with Crippen LogP contribution >= 0.6 is 11.3 Å². The van der Waals surface area contributed by atoms with Crippen LogP contribution in [-0.4, -0.2) is 54.8 Å². The minimum atomic E-state index is -0.172. The summed E-state index contributed by atoms with van der Waals surface area (Å²) in [6, 6.07) is 19.0. The van der Waals surface area contributed by atoms with Crippen molar-refractivity contribution in [2.24, 2.45) is 0 Å². The minimum Gasteiger partial charge on any atom is -0.348 e. The lowest BCUT2D eigenvalue weighted by molar-refractivity contribution is 0.0949. The lowest BCUT2D eigenvalue weighted by atomic mass is 10.1. The van der Waals surface area contributed by atoms with E-state index in [0.717, 1.165) is 38.3 Å². The van der Waals surface area contributed by atoms with Crippen molar-refractivity contribution in [3.05, 3.63) is 87.6 Å². The van der Waals surface area contributed by atoms with Gasteiger partial charge in [-0.3, -0.25) is 14.5 Å². The van der Waals surface area contributed by atoms with Gasteiger partial charge in [-0.25, -0.2) is 0 Å². The van der Waals surface area contributed by atoms with Crippen LogP contribution < -0.4 is 10.6 Å². The molecule has 2 heterocycles. The van der Waals surface area contributed by atoms with Crippen LogP contribution in [0.1, 0.15) is 31.2 Å². The molecule has 0 atom stereocenters. The number of rotatable bonds is 7. The fraction of sp³-hybridized carbons (Fsp3) is 0.280. The molecular formula is C25H28N4O2S. The van der Waals surface area contributed by atoms with Gasteiger partial charge in [0.05, 0.1) is 4.88 Å². The molecule has 6 nitrogen and oxygen atoms in total. The monoisotopic (exact) mass is 448 g/mol. The van der Waals surface area contributed by atoms with Crippen molar-refractivity contribution in [2.45, 2.75) is 13.1 Å². The van der Waals surface area contributed by atoms with E-state index in [1.54, 1.807) is 30.3 Å². The number of likely N-dealkylation sites (N-methyl/N-ethyl adjacent to an activating group) is 1. The summed E-state index contributed by atoms with van der Waals surface area (Å²) in [6.07, 6.45) is 0. The van der Waals surface area contributed by atoms with Crippen LogP contribution in [0, 0.1) is 0 Å². The molecular weight excluding hydrogens is 420 g/mol. The van der Waals surface area contributed by atoms with Crippen LogP contribution in [0.4, 0.5) is 5.69 Å².